The Labute approximate surface area is 252 Å². The fourth-order valence-electron chi connectivity index (χ4n) is 2.84. The first-order chi connectivity index (χ1) is 15.3. The standard InChI is InChI=1S/C13H13F3N6O7S4.2Na.2H/c14-13(15,16)32-3-6(23)17-7-9(24)22-8(11(25)26)5(1-30-10(7)22)2-31-12-18-19-20-21(12)4-33(27,28)29;;;;/h7,10H,1-4H2,(H,17,23)(H,25,26)(H,27,28,29);;;;/t7?,10-;;;;/m1..../s1. The van der Waals surface area contributed by atoms with Gasteiger partial charge in [-0.15, -0.1) is 16.9 Å². The summed E-state index contributed by atoms with van der Waals surface area (Å²) >= 11 is 1.42. The van der Waals surface area contributed by atoms with Crippen molar-refractivity contribution in [1.29, 1.82) is 0 Å². The third-order valence-corrected chi connectivity index (χ3v) is 7.78. The van der Waals surface area contributed by atoms with Gasteiger partial charge in [0, 0.05) is 11.5 Å². The van der Waals surface area contributed by atoms with E-state index in [4.69, 9.17) is 4.55 Å². The van der Waals surface area contributed by atoms with Gasteiger partial charge in [0.1, 0.15) is 17.1 Å². The number of hydrogen-bond acceptors (Lipinski definition) is 11. The van der Waals surface area contributed by atoms with Crippen LogP contribution in [0.5, 0.6) is 0 Å². The van der Waals surface area contributed by atoms with E-state index in [0.29, 0.717) is 0 Å². The Hall–Kier alpha value is -0.0300. The van der Waals surface area contributed by atoms with Crippen LogP contribution in [0.4, 0.5) is 13.2 Å². The van der Waals surface area contributed by atoms with E-state index in [1.165, 1.54) is 0 Å². The maximum atomic E-state index is 12.5. The van der Waals surface area contributed by atoms with Crippen molar-refractivity contribution >= 4 is 122 Å². The molecule has 1 fully saturated rings. The topological polar surface area (TPSA) is 185 Å². The van der Waals surface area contributed by atoms with Gasteiger partial charge in [-0.2, -0.15) is 21.6 Å². The van der Waals surface area contributed by atoms with Crippen LogP contribution >= 0.6 is 35.3 Å². The number of carboxylic acid groups (broad SMARTS) is 1. The number of nitrogens with one attached hydrogen (secondary N) is 1. The summed E-state index contributed by atoms with van der Waals surface area (Å²) in [5.74, 6) is -5.02. The molecule has 3 rings (SSSR count). The number of carboxylic acids is 1. The molecular formula is C13H15F3N6Na2O7S4. The van der Waals surface area contributed by atoms with Crippen LogP contribution in [0.15, 0.2) is 16.4 Å². The van der Waals surface area contributed by atoms with Crippen molar-refractivity contribution in [2.24, 2.45) is 0 Å². The van der Waals surface area contributed by atoms with E-state index in [1.54, 1.807) is 0 Å². The number of aromatic nitrogens is 4. The molecule has 2 aliphatic heterocycles. The predicted octanol–water partition coefficient (Wildman–Crippen LogP) is -1.69. The van der Waals surface area contributed by atoms with E-state index in [2.05, 4.69) is 20.8 Å². The predicted molar refractivity (Wildman–Crippen MR) is 123 cm³/mol. The maximum absolute atomic E-state index is 12.5. The van der Waals surface area contributed by atoms with Crippen LogP contribution in [0.2, 0.25) is 0 Å². The molecule has 1 saturated heterocycles. The fourth-order valence-corrected chi connectivity index (χ4v) is 6.15. The molecule has 2 aliphatic rings. The van der Waals surface area contributed by atoms with E-state index >= 15 is 0 Å². The number of carbonyl (C=O) groups is 3. The van der Waals surface area contributed by atoms with Crippen molar-refractivity contribution in [2.45, 2.75) is 28.0 Å². The Morgan fingerprint density at radius 3 is 2.51 bits per heavy atom. The first kappa shape index (κ1) is 33.0. The van der Waals surface area contributed by atoms with Crippen molar-refractivity contribution in [3.05, 3.63) is 11.3 Å². The van der Waals surface area contributed by atoms with Gasteiger partial charge in [-0.1, -0.05) is 11.8 Å². The van der Waals surface area contributed by atoms with Crippen LogP contribution in [0.1, 0.15) is 0 Å². The zero-order valence-electron chi connectivity index (χ0n) is 15.9. The number of alkyl halides is 3. The van der Waals surface area contributed by atoms with E-state index in [0.717, 1.165) is 33.1 Å². The number of amides is 2. The summed E-state index contributed by atoms with van der Waals surface area (Å²) in [6.07, 6.45) is 0. The van der Waals surface area contributed by atoms with Crippen molar-refractivity contribution in [3.63, 3.8) is 0 Å². The van der Waals surface area contributed by atoms with Gasteiger partial charge in [0.05, 0.1) is 5.75 Å². The zero-order valence-corrected chi connectivity index (χ0v) is 19.2. The third-order valence-electron chi connectivity index (χ3n) is 4.09. The molecule has 3 N–H and O–H groups in total. The summed E-state index contributed by atoms with van der Waals surface area (Å²) in [6, 6.07) is -1.16. The molecule has 1 aromatic heterocycles. The Morgan fingerprint density at radius 1 is 1.29 bits per heavy atom. The van der Waals surface area contributed by atoms with Gasteiger partial charge in [0.25, 0.3) is 16.0 Å². The van der Waals surface area contributed by atoms with Crippen molar-refractivity contribution in [3.8, 4) is 0 Å². The number of hydrogen-bond donors (Lipinski definition) is 3. The molecule has 3 heterocycles. The number of tetrazole rings is 1. The van der Waals surface area contributed by atoms with Gasteiger partial charge >= 0.3 is 70.6 Å². The Kier molecular flexibility index (Phi) is 12.4. The van der Waals surface area contributed by atoms with Crippen molar-refractivity contribution in [2.75, 3.05) is 17.3 Å². The molecule has 0 spiro atoms. The zero-order chi connectivity index (χ0) is 24.6. The van der Waals surface area contributed by atoms with Gasteiger partial charge in [-0.3, -0.25) is 19.0 Å². The van der Waals surface area contributed by atoms with Gasteiger partial charge in [-0.25, -0.2) is 9.48 Å². The molecule has 0 saturated carbocycles. The molecule has 1 unspecified atom stereocenters. The van der Waals surface area contributed by atoms with E-state index in [-0.39, 0.29) is 87.0 Å². The van der Waals surface area contributed by atoms with Crippen molar-refractivity contribution in [1.82, 2.24) is 30.4 Å². The van der Waals surface area contributed by atoms with Crippen LogP contribution < -0.4 is 5.32 Å². The fraction of sp³-hybridized carbons (Fsp3) is 0.538. The molecule has 2 amide bonds. The number of nitrogens with zero attached hydrogens (tertiary/aromatic N) is 5. The summed E-state index contributed by atoms with van der Waals surface area (Å²) < 4.78 is 68.5. The Balaban J connectivity index is 0.00000306. The average molecular weight is 599 g/mol. The molecule has 186 valence electrons. The Bertz CT molecular complexity index is 1120. The number of carbonyl (C=O) groups excluding carboxylic acids is 2. The monoisotopic (exact) mass is 598 g/mol. The molecule has 22 heteroatoms. The van der Waals surface area contributed by atoms with Crippen LogP contribution in [0, 0.1) is 0 Å². The first-order valence-electron chi connectivity index (χ1n) is 8.51. The average Bonchev–Trinajstić information content (AvgIpc) is 3.12. The van der Waals surface area contributed by atoms with Gasteiger partial charge in [0.2, 0.25) is 11.1 Å². The SMILES string of the molecule is O=C(CSC(F)(F)F)NC1C(=O)N2C(C(=O)O)=C(CSc3nnnn3CS(=O)(=O)O)CS[C@H]12.[NaH].[NaH]. The second-order valence-electron chi connectivity index (χ2n) is 6.41. The van der Waals surface area contributed by atoms with Gasteiger partial charge < -0.3 is 10.4 Å². The van der Waals surface area contributed by atoms with Gasteiger partial charge in [-0.05, 0) is 27.8 Å². The molecule has 1 aromatic rings. The van der Waals surface area contributed by atoms with Crippen LogP contribution in [0.25, 0.3) is 0 Å². The first-order valence-corrected chi connectivity index (χ1v) is 13.1. The molecule has 0 aromatic carbocycles. The molecular weight excluding hydrogens is 583 g/mol. The molecule has 35 heavy (non-hydrogen) atoms. The summed E-state index contributed by atoms with van der Waals surface area (Å²) in [5, 5.41) is 21.3. The quantitative estimate of drug-likeness (QED) is 0.127. The van der Waals surface area contributed by atoms with Crippen molar-refractivity contribution < 1.29 is 45.6 Å². The van der Waals surface area contributed by atoms with Crippen LogP contribution in [-0.4, -0.2) is 154 Å². The van der Waals surface area contributed by atoms with Gasteiger partial charge in [0.15, 0.2) is 5.88 Å². The minimum absolute atomic E-state index is 0. The number of halogens is 3. The minimum atomic E-state index is -4.61. The molecule has 0 radical (unpaired) electrons. The van der Waals surface area contributed by atoms with Crippen LogP contribution in [0.3, 0.4) is 0 Å². The third kappa shape index (κ3) is 8.76. The summed E-state index contributed by atoms with van der Waals surface area (Å²) in [7, 11) is -4.43. The normalized spacial score (nSPS) is 19.8. The number of rotatable bonds is 9. The van der Waals surface area contributed by atoms with E-state index in [1.807, 2.05) is 0 Å². The molecule has 13 nitrogen and oxygen atoms in total. The molecule has 0 bridgehead atoms. The summed E-state index contributed by atoms with van der Waals surface area (Å²) in [6.45, 7) is 0. The summed E-state index contributed by atoms with van der Waals surface area (Å²) in [5.41, 5.74) is -4.68. The number of β-lactam (4-membered cyclic amide) rings is 1. The Morgan fingerprint density at radius 2 is 1.94 bits per heavy atom. The second-order valence-corrected chi connectivity index (χ2v) is 10.9. The molecule has 0 aliphatic carbocycles. The second kappa shape index (κ2) is 13.2. The summed E-state index contributed by atoms with van der Waals surface area (Å²) in [4.78, 5) is 37.0. The number of aliphatic carboxylic acids is 1. The van der Waals surface area contributed by atoms with Crippen LogP contribution in [-0.2, 0) is 30.4 Å². The van der Waals surface area contributed by atoms with E-state index in [9.17, 15) is 41.1 Å². The number of fused-ring (bicyclic) bond motifs is 1. The number of thioether (sulfide) groups is 3. The molecule has 2 atom stereocenters. The van der Waals surface area contributed by atoms with E-state index < -0.39 is 68.2 Å².